The number of allylic oxidation sites excluding steroid dienone is 1. The molecule has 0 saturated heterocycles. The number of aromatic nitrogens is 4. The third kappa shape index (κ3) is 4.11. The molecule has 0 bridgehead atoms. The van der Waals surface area contributed by atoms with Gasteiger partial charge in [-0.25, -0.2) is 4.98 Å². The van der Waals surface area contributed by atoms with Crippen molar-refractivity contribution in [1.82, 2.24) is 18.7 Å². The molecule has 1 aliphatic rings. The van der Waals surface area contributed by atoms with Gasteiger partial charge in [0.1, 0.15) is 5.82 Å². The summed E-state index contributed by atoms with van der Waals surface area (Å²) >= 11 is 0. The van der Waals surface area contributed by atoms with Gasteiger partial charge in [-0.1, -0.05) is 109 Å². The Labute approximate surface area is 294 Å². The molecule has 1 aliphatic carbocycles. The third-order valence-electron chi connectivity index (χ3n) is 10.7. The van der Waals surface area contributed by atoms with Crippen LogP contribution in [0.5, 0.6) is 0 Å². The molecule has 0 unspecified atom stereocenters. The van der Waals surface area contributed by atoms with E-state index in [1.807, 2.05) is 0 Å². The van der Waals surface area contributed by atoms with Crippen molar-refractivity contribution in [3.8, 4) is 28.5 Å². The van der Waals surface area contributed by atoms with Gasteiger partial charge in [-0.3, -0.25) is 4.57 Å². The third-order valence-corrected chi connectivity index (χ3v) is 10.7. The Kier molecular flexibility index (Phi) is 6.05. The summed E-state index contributed by atoms with van der Waals surface area (Å²) in [6.45, 7) is 0. The van der Waals surface area contributed by atoms with Crippen LogP contribution in [-0.2, 0) is 6.42 Å². The Morgan fingerprint density at radius 3 is 1.88 bits per heavy atom. The smallest absolute Gasteiger partial charge is 0.138 e. The zero-order chi connectivity index (χ0) is 33.5. The van der Waals surface area contributed by atoms with E-state index in [1.54, 1.807) is 0 Å². The first-order chi connectivity index (χ1) is 25.3. The van der Waals surface area contributed by atoms with Crippen LogP contribution in [0.4, 0.5) is 0 Å². The zero-order valence-electron chi connectivity index (χ0n) is 27.9. The molecule has 4 nitrogen and oxygen atoms in total. The van der Waals surface area contributed by atoms with Crippen molar-refractivity contribution in [1.29, 1.82) is 0 Å². The number of para-hydroxylation sites is 4. The highest BCUT2D eigenvalue weighted by Crippen LogP contribution is 2.43. The van der Waals surface area contributed by atoms with Crippen molar-refractivity contribution in [3.05, 3.63) is 175 Å². The highest BCUT2D eigenvalue weighted by Gasteiger charge is 2.24. The minimum absolute atomic E-state index is 0.912. The summed E-state index contributed by atoms with van der Waals surface area (Å²) in [5.74, 6) is 0.912. The summed E-state index contributed by atoms with van der Waals surface area (Å²) in [4.78, 5) is 5.45. The number of fused-ring (bicyclic) bond motifs is 10. The van der Waals surface area contributed by atoms with E-state index in [2.05, 4.69) is 184 Å². The molecule has 6 aromatic carbocycles. The van der Waals surface area contributed by atoms with Crippen molar-refractivity contribution in [2.75, 3.05) is 0 Å². The first kappa shape index (κ1) is 28.2. The van der Waals surface area contributed by atoms with Gasteiger partial charge >= 0.3 is 0 Å². The maximum absolute atomic E-state index is 5.45. The predicted molar refractivity (Wildman–Crippen MR) is 213 cm³/mol. The number of benzene rings is 6. The Morgan fingerprint density at radius 2 is 1.12 bits per heavy atom. The molecule has 11 rings (SSSR count). The predicted octanol–water partition coefficient (Wildman–Crippen LogP) is 11.8. The molecule has 0 spiro atoms. The molecule has 51 heavy (non-hydrogen) atoms. The number of hydrogen-bond acceptors (Lipinski definition) is 1. The monoisotopic (exact) mass is 652 g/mol. The summed E-state index contributed by atoms with van der Waals surface area (Å²) in [6, 6.07) is 56.7. The first-order valence-electron chi connectivity index (χ1n) is 17.7. The van der Waals surface area contributed by atoms with Gasteiger partial charge in [-0.15, -0.1) is 0 Å². The standard InChI is InChI=1S/C47H32N4/c1-2-15-32(16-3-1)49-43-26-11-7-21-38(43)46-44(49)29-28-37-36-20-6-10-25-42(36)51(47(37)46)45-27-13-22-39(48-45)31-14-12-17-33(30-31)50-40-23-8-4-18-34(40)35-19-5-9-24-41(35)50/h1-10,12-25,27-30H,11,26H2. The van der Waals surface area contributed by atoms with Crippen LogP contribution in [0.3, 0.4) is 0 Å². The van der Waals surface area contributed by atoms with E-state index in [0.717, 1.165) is 41.1 Å². The summed E-state index contributed by atoms with van der Waals surface area (Å²) in [5, 5.41) is 6.27. The molecular weight excluding hydrogens is 621 g/mol. The van der Waals surface area contributed by atoms with Gasteiger partial charge in [0, 0.05) is 55.1 Å². The lowest BCUT2D eigenvalue weighted by atomic mass is 10.0. The summed E-state index contributed by atoms with van der Waals surface area (Å²) in [7, 11) is 0. The molecule has 0 amide bonds. The second-order valence-electron chi connectivity index (χ2n) is 13.5. The van der Waals surface area contributed by atoms with Gasteiger partial charge in [0.15, 0.2) is 0 Å². The molecule has 4 heterocycles. The molecule has 0 fully saturated rings. The van der Waals surface area contributed by atoms with Gasteiger partial charge < -0.3 is 9.13 Å². The van der Waals surface area contributed by atoms with Gasteiger partial charge in [0.2, 0.25) is 0 Å². The van der Waals surface area contributed by atoms with E-state index in [-0.39, 0.29) is 0 Å². The molecule has 10 aromatic rings. The van der Waals surface area contributed by atoms with E-state index in [0.29, 0.717) is 0 Å². The fourth-order valence-electron chi connectivity index (χ4n) is 8.58. The summed E-state index contributed by atoms with van der Waals surface area (Å²) in [6.07, 6.45) is 6.71. The Bertz CT molecular complexity index is 2970. The molecule has 0 N–H and O–H groups in total. The molecule has 240 valence electrons. The normalized spacial score (nSPS) is 12.9. The fourth-order valence-corrected chi connectivity index (χ4v) is 8.58. The zero-order valence-corrected chi connectivity index (χ0v) is 27.9. The lowest BCUT2D eigenvalue weighted by molar-refractivity contribution is 0.888. The van der Waals surface area contributed by atoms with Crippen LogP contribution >= 0.6 is 0 Å². The summed E-state index contributed by atoms with van der Waals surface area (Å²) in [5.41, 5.74) is 13.0. The van der Waals surface area contributed by atoms with Crippen LogP contribution < -0.4 is 0 Å². The number of rotatable bonds is 4. The molecule has 4 heteroatoms. The van der Waals surface area contributed by atoms with Crippen LogP contribution in [0.25, 0.3) is 89.0 Å². The lowest BCUT2D eigenvalue weighted by Crippen LogP contribution is -2.02. The average molecular weight is 653 g/mol. The van der Waals surface area contributed by atoms with E-state index < -0.39 is 0 Å². The second-order valence-corrected chi connectivity index (χ2v) is 13.5. The van der Waals surface area contributed by atoms with E-state index >= 15 is 0 Å². The van der Waals surface area contributed by atoms with Crippen molar-refractivity contribution in [3.63, 3.8) is 0 Å². The molecule has 0 radical (unpaired) electrons. The number of pyridine rings is 1. The van der Waals surface area contributed by atoms with Crippen LogP contribution in [0.2, 0.25) is 0 Å². The molecule has 4 aromatic heterocycles. The van der Waals surface area contributed by atoms with Crippen LogP contribution in [-0.4, -0.2) is 18.7 Å². The van der Waals surface area contributed by atoms with Crippen LogP contribution in [0, 0.1) is 0 Å². The maximum Gasteiger partial charge on any atom is 0.138 e. The number of nitrogens with zero attached hydrogens (tertiary/aromatic N) is 4. The molecule has 0 aliphatic heterocycles. The topological polar surface area (TPSA) is 27.7 Å². The van der Waals surface area contributed by atoms with Gasteiger partial charge in [0.25, 0.3) is 0 Å². The molecule has 0 atom stereocenters. The van der Waals surface area contributed by atoms with Gasteiger partial charge in [-0.2, -0.15) is 0 Å². The van der Waals surface area contributed by atoms with Crippen LogP contribution in [0.1, 0.15) is 17.7 Å². The fraction of sp³-hybridized carbons (Fsp3) is 0.0426. The minimum Gasteiger partial charge on any atom is -0.313 e. The number of hydrogen-bond donors (Lipinski definition) is 0. The Morgan fingerprint density at radius 1 is 0.471 bits per heavy atom. The summed E-state index contributed by atoms with van der Waals surface area (Å²) < 4.78 is 7.24. The van der Waals surface area contributed by atoms with Crippen molar-refractivity contribution < 1.29 is 0 Å². The quantitative estimate of drug-likeness (QED) is 0.186. The minimum atomic E-state index is 0.912. The first-order valence-corrected chi connectivity index (χ1v) is 17.7. The Hall–Kier alpha value is -6.65. The van der Waals surface area contributed by atoms with E-state index in [4.69, 9.17) is 4.98 Å². The van der Waals surface area contributed by atoms with E-state index in [9.17, 15) is 0 Å². The van der Waals surface area contributed by atoms with Gasteiger partial charge in [0.05, 0.1) is 33.3 Å². The van der Waals surface area contributed by atoms with Crippen molar-refractivity contribution in [2.45, 2.75) is 12.8 Å². The van der Waals surface area contributed by atoms with Gasteiger partial charge in [-0.05, 0) is 73.5 Å². The highest BCUT2D eigenvalue weighted by atomic mass is 15.1. The van der Waals surface area contributed by atoms with Crippen molar-refractivity contribution in [2.24, 2.45) is 0 Å². The largest absolute Gasteiger partial charge is 0.313 e. The lowest BCUT2D eigenvalue weighted by Gasteiger charge is -2.13. The maximum atomic E-state index is 5.45. The SMILES string of the molecule is C1=Cc2c(n(-c3ccccc3)c3ccc4c5ccccc5n(-c5cccc(-c6cccc(-n7c8ccccc8c8ccccc87)c6)n5)c4c23)CC1. The van der Waals surface area contributed by atoms with E-state index in [1.165, 1.54) is 65.9 Å². The second kappa shape index (κ2) is 10.9. The molecule has 0 saturated carbocycles. The average Bonchev–Trinajstić information content (AvgIpc) is 3.84. The van der Waals surface area contributed by atoms with Crippen LogP contribution in [0.15, 0.2) is 164 Å². The Balaban J connectivity index is 1.15. The molecular formula is C47H32N4. The highest BCUT2D eigenvalue weighted by molar-refractivity contribution is 6.20. The van der Waals surface area contributed by atoms with Crippen molar-refractivity contribution >= 4 is 60.6 Å².